The van der Waals surface area contributed by atoms with Crippen molar-refractivity contribution in [2.24, 2.45) is 0 Å². The zero-order valence-corrected chi connectivity index (χ0v) is 15.8. The third-order valence-corrected chi connectivity index (χ3v) is 4.29. The number of sulfonamides is 1. The van der Waals surface area contributed by atoms with E-state index in [2.05, 4.69) is 25.0 Å². The Morgan fingerprint density at radius 1 is 1.19 bits per heavy atom. The van der Waals surface area contributed by atoms with Crippen LogP contribution in [0, 0.1) is 0 Å². The summed E-state index contributed by atoms with van der Waals surface area (Å²) in [6.07, 6.45) is 5.85. The van der Waals surface area contributed by atoms with Crippen molar-refractivity contribution >= 4 is 33.2 Å². The van der Waals surface area contributed by atoms with Gasteiger partial charge in [0.1, 0.15) is 0 Å². The molecule has 0 aliphatic rings. The lowest BCUT2D eigenvalue weighted by Gasteiger charge is -2.09. The van der Waals surface area contributed by atoms with Gasteiger partial charge in [0.2, 0.25) is 10.0 Å². The zero-order valence-electron chi connectivity index (χ0n) is 14.2. The van der Waals surface area contributed by atoms with Crippen LogP contribution < -0.4 is 10.0 Å². The van der Waals surface area contributed by atoms with Gasteiger partial charge in [-0.15, -0.1) is 0 Å². The number of nitrogens with one attached hydrogen (secondary N) is 3. The van der Waals surface area contributed by atoms with Gasteiger partial charge < -0.3 is 10.3 Å². The standard InChI is InChI=1S/C17H16ClN5O3S/c1-27(25,26)23-14-6-11(5-13(18)8-14)9-22-17(24)12-7-15(21-10-12)16-19-3-2-4-20-16/h2-8,10,21,23H,9H2,1H3,(H,22,24). The largest absolute Gasteiger partial charge is 0.358 e. The van der Waals surface area contributed by atoms with Crippen molar-refractivity contribution in [1.29, 1.82) is 0 Å². The molecule has 0 saturated heterocycles. The highest BCUT2D eigenvalue weighted by atomic mass is 35.5. The molecule has 2 aromatic heterocycles. The molecular formula is C17H16ClN5O3S. The molecule has 3 aromatic rings. The summed E-state index contributed by atoms with van der Waals surface area (Å²) in [6.45, 7) is 0.181. The van der Waals surface area contributed by atoms with Crippen molar-refractivity contribution in [1.82, 2.24) is 20.3 Å². The molecule has 140 valence electrons. The van der Waals surface area contributed by atoms with E-state index in [4.69, 9.17) is 11.6 Å². The molecule has 0 atom stereocenters. The summed E-state index contributed by atoms with van der Waals surface area (Å²) in [5, 5.41) is 3.12. The van der Waals surface area contributed by atoms with Crippen LogP contribution in [0.15, 0.2) is 48.9 Å². The van der Waals surface area contributed by atoms with E-state index >= 15 is 0 Å². The summed E-state index contributed by atoms with van der Waals surface area (Å²) in [5.74, 6) is 0.189. The maximum absolute atomic E-state index is 12.3. The Hall–Kier alpha value is -2.91. The van der Waals surface area contributed by atoms with Gasteiger partial charge >= 0.3 is 0 Å². The van der Waals surface area contributed by atoms with E-state index in [0.29, 0.717) is 33.4 Å². The fourth-order valence-electron chi connectivity index (χ4n) is 2.40. The summed E-state index contributed by atoms with van der Waals surface area (Å²) in [6, 6.07) is 8.10. The highest BCUT2D eigenvalue weighted by Gasteiger charge is 2.11. The Kier molecular flexibility index (Phi) is 5.43. The number of benzene rings is 1. The summed E-state index contributed by atoms with van der Waals surface area (Å²) in [5.41, 5.74) is 2.04. The van der Waals surface area contributed by atoms with Crippen LogP contribution in [0.1, 0.15) is 15.9 Å². The van der Waals surface area contributed by atoms with Gasteiger partial charge in [-0.05, 0) is 35.9 Å². The second-order valence-electron chi connectivity index (χ2n) is 5.78. The van der Waals surface area contributed by atoms with Gasteiger partial charge in [0, 0.05) is 30.2 Å². The fourth-order valence-corrected chi connectivity index (χ4v) is 3.21. The number of anilines is 1. The summed E-state index contributed by atoms with van der Waals surface area (Å²) in [7, 11) is -3.42. The molecule has 0 saturated carbocycles. The molecular weight excluding hydrogens is 390 g/mol. The first-order chi connectivity index (χ1) is 12.8. The minimum absolute atomic E-state index is 0.181. The molecule has 0 aliphatic carbocycles. The monoisotopic (exact) mass is 405 g/mol. The number of aromatic nitrogens is 3. The Morgan fingerprint density at radius 2 is 1.93 bits per heavy atom. The Labute approximate surface area is 161 Å². The number of carbonyl (C=O) groups excluding carboxylic acids is 1. The van der Waals surface area contributed by atoms with Gasteiger partial charge in [-0.25, -0.2) is 18.4 Å². The van der Waals surface area contributed by atoms with E-state index in [0.717, 1.165) is 6.26 Å². The van der Waals surface area contributed by atoms with E-state index < -0.39 is 10.0 Å². The van der Waals surface area contributed by atoms with E-state index in [1.54, 1.807) is 42.9 Å². The van der Waals surface area contributed by atoms with Crippen molar-refractivity contribution in [3.8, 4) is 11.5 Å². The average molecular weight is 406 g/mol. The predicted molar refractivity (Wildman–Crippen MR) is 103 cm³/mol. The number of amides is 1. The molecule has 0 spiro atoms. The minimum Gasteiger partial charge on any atom is -0.358 e. The lowest BCUT2D eigenvalue weighted by atomic mass is 10.2. The molecule has 0 unspecified atom stereocenters. The normalized spacial score (nSPS) is 11.2. The van der Waals surface area contributed by atoms with E-state index in [9.17, 15) is 13.2 Å². The number of nitrogens with zero attached hydrogens (tertiary/aromatic N) is 2. The molecule has 0 aliphatic heterocycles. The topological polar surface area (TPSA) is 117 Å². The molecule has 0 bridgehead atoms. The van der Waals surface area contributed by atoms with Crippen molar-refractivity contribution < 1.29 is 13.2 Å². The van der Waals surface area contributed by atoms with Crippen LogP contribution in [0.2, 0.25) is 5.02 Å². The second kappa shape index (κ2) is 7.77. The van der Waals surface area contributed by atoms with Crippen molar-refractivity contribution in [2.75, 3.05) is 11.0 Å². The van der Waals surface area contributed by atoms with E-state index in [1.807, 2.05) is 0 Å². The molecule has 0 radical (unpaired) electrons. The highest BCUT2D eigenvalue weighted by molar-refractivity contribution is 7.92. The summed E-state index contributed by atoms with van der Waals surface area (Å²) >= 11 is 6.02. The quantitative estimate of drug-likeness (QED) is 0.582. The lowest BCUT2D eigenvalue weighted by Crippen LogP contribution is -2.22. The van der Waals surface area contributed by atoms with Gasteiger partial charge in [0.25, 0.3) is 5.91 Å². The van der Waals surface area contributed by atoms with Crippen molar-refractivity contribution in [2.45, 2.75) is 6.54 Å². The van der Waals surface area contributed by atoms with Crippen molar-refractivity contribution in [3.63, 3.8) is 0 Å². The fraction of sp³-hybridized carbons (Fsp3) is 0.118. The van der Waals surface area contributed by atoms with Gasteiger partial charge in [0.15, 0.2) is 5.82 Å². The van der Waals surface area contributed by atoms with E-state index in [-0.39, 0.29) is 12.5 Å². The molecule has 3 rings (SSSR count). The number of halogens is 1. The number of rotatable bonds is 6. The number of carbonyl (C=O) groups is 1. The first-order valence-electron chi connectivity index (χ1n) is 7.81. The maximum atomic E-state index is 12.3. The van der Waals surface area contributed by atoms with Crippen LogP contribution >= 0.6 is 11.6 Å². The van der Waals surface area contributed by atoms with Gasteiger partial charge in [-0.2, -0.15) is 0 Å². The number of hydrogen-bond acceptors (Lipinski definition) is 5. The van der Waals surface area contributed by atoms with Gasteiger partial charge in [-0.3, -0.25) is 9.52 Å². The summed E-state index contributed by atoms with van der Waals surface area (Å²) in [4.78, 5) is 23.5. The molecule has 3 N–H and O–H groups in total. The van der Waals surface area contributed by atoms with Crippen LogP contribution in [-0.4, -0.2) is 35.5 Å². The molecule has 1 aromatic carbocycles. The molecule has 2 heterocycles. The minimum atomic E-state index is -3.42. The predicted octanol–water partition coefficient (Wildman–Crippen LogP) is 2.43. The van der Waals surface area contributed by atoms with Crippen LogP contribution in [0.4, 0.5) is 5.69 Å². The molecule has 8 nitrogen and oxygen atoms in total. The van der Waals surface area contributed by atoms with Crippen molar-refractivity contribution in [3.05, 3.63) is 65.1 Å². The lowest BCUT2D eigenvalue weighted by molar-refractivity contribution is 0.0951. The Morgan fingerprint density at radius 3 is 2.63 bits per heavy atom. The second-order valence-corrected chi connectivity index (χ2v) is 7.96. The van der Waals surface area contributed by atoms with Gasteiger partial charge in [-0.1, -0.05) is 11.6 Å². The SMILES string of the molecule is CS(=O)(=O)Nc1cc(Cl)cc(CNC(=O)c2c[nH]c(-c3ncccn3)c2)c1. The Bertz CT molecular complexity index is 1070. The number of H-pyrrole nitrogens is 1. The molecule has 1 amide bonds. The maximum Gasteiger partial charge on any atom is 0.253 e. The van der Waals surface area contributed by atoms with Crippen LogP contribution in [0.25, 0.3) is 11.5 Å². The van der Waals surface area contributed by atoms with Crippen LogP contribution in [-0.2, 0) is 16.6 Å². The first-order valence-corrected chi connectivity index (χ1v) is 10.1. The zero-order chi connectivity index (χ0) is 19.4. The Balaban J connectivity index is 1.68. The number of aromatic amines is 1. The molecule has 0 fully saturated rings. The average Bonchev–Trinajstić information content (AvgIpc) is 3.09. The third-order valence-electron chi connectivity index (χ3n) is 3.47. The highest BCUT2D eigenvalue weighted by Crippen LogP contribution is 2.20. The van der Waals surface area contributed by atoms with Crippen LogP contribution in [0.5, 0.6) is 0 Å². The van der Waals surface area contributed by atoms with Gasteiger partial charge in [0.05, 0.1) is 23.2 Å². The molecule has 27 heavy (non-hydrogen) atoms. The molecule has 10 heteroatoms. The van der Waals surface area contributed by atoms with E-state index in [1.165, 1.54) is 6.07 Å². The third kappa shape index (κ3) is 5.28. The smallest absolute Gasteiger partial charge is 0.253 e. The van der Waals surface area contributed by atoms with Crippen LogP contribution in [0.3, 0.4) is 0 Å². The number of hydrogen-bond donors (Lipinski definition) is 3. The summed E-state index contributed by atoms with van der Waals surface area (Å²) < 4.78 is 25.1. The first kappa shape index (κ1) is 18.9.